The van der Waals surface area contributed by atoms with Gasteiger partial charge in [-0.15, -0.1) is 0 Å². The minimum Gasteiger partial charge on any atom is -0.379 e. The summed E-state index contributed by atoms with van der Waals surface area (Å²) in [6.07, 6.45) is 1.03. The van der Waals surface area contributed by atoms with E-state index in [1.807, 2.05) is 24.3 Å². The third-order valence-corrected chi connectivity index (χ3v) is 2.32. The second kappa shape index (κ2) is 7.98. The molecule has 0 amide bonds. The highest BCUT2D eigenvalue weighted by Crippen LogP contribution is 2.07. The number of hydrogen-bond acceptors (Lipinski definition) is 3. The average Bonchev–Trinajstić information content (AvgIpc) is 2.34. The Morgan fingerprint density at radius 1 is 1.18 bits per heavy atom. The van der Waals surface area contributed by atoms with Gasteiger partial charge in [0, 0.05) is 12.2 Å². The molecular weight excluding hydrogens is 216 g/mol. The van der Waals surface area contributed by atoms with Gasteiger partial charge < -0.3 is 9.47 Å². The second-order valence-corrected chi connectivity index (χ2v) is 3.92. The summed E-state index contributed by atoms with van der Waals surface area (Å²) in [6.45, 7) is 6.16. The van der Waals surface area contributed by atoms with Crippen molar-refractivity contribution in [3.63, 3.8) is 0 Å². The average molecular weight is 236 g/mol. The first-order valence-corrected chi connectivity index (χ1v) is 5.99. The van der Waals surface area contributed by atoms with Crippen molar-refractivity contribution in [2.75, 3.05) is 19.8 Å². The molecule has 1 rings (SSSR count). The predicted molar refractivity (Wildman–Crippen MR) is 67.2 cm³/mol. The lowest BCUT2D eigenvalue weighted by Gasteiger charge is -2.06. The lowest BCUT2D eigenvalue weighted by molar-refractivity contribution is 0.0408. The lowest BCUT2D eigenvalue weighted by Crippen LogP contribution is -2.05. The molecule has 0 aliphatic heterocycles. The summed E-state index contributed by atoms with van der Waals surface area (Å²) in [5, 5.41) is 0. The van der Waals surface area contributed by atoms with Crippen molar-refractivity contribution in [1.29, 1.82) is 0 Å². The van der Waals surface area contributed by atoms with Crippen LogP contribution < -0.4 is 0 Å². The van der Waals surface area contributed by atoms with Gasteiger partial charge in [-0.1, -0.05) is 25.1 Å². The van der Waals surface area contributed by atoms with Crippen molar-refractivity contribution >= 4 is 5.78 Å². The third-order valence-electron chi connectivity index (χ3n) is 2.32. The van der Waals surface area contributed by atoms with Gasteiger partial charge in [0.05, 0.1) is 19.8 Å². The fraction of sp³-hybridized carbons (Fsp3) is 0.500. The maximum absolute atomic E-state index is 11.2. The standard InChI is InChI=1S/C14H20O3/c1-3-7-16-8-9-17-11-13-5-4-6-14(10-13)12(2)15/h4-6,10H,3,7-9,11H2,1-2H3. The van der Waals surface area contributed by atoms with Gasteiger partial charge in [0.1, 0.15) is 0 Å². The Morgan fingerprint density at radius 2 is 1.94 bits per heavy atom. The van der Waals surface area contributed by atoms with Gasteiger partial charge in [-0.3, -0.25) is 4.79 Å². The molecule has 17 heavy (non-hydrogen) atoms. The number of carbonyl (C=O) groups is 1. The van der Waals surface area contributed by atoms with Crippen LogP contribution >= 0.6 is 0 Å². The van der Waals surface area contributed by atoms with Crippen molar-refractivity contribution in [2.24, 2.45) is 0 Å². The zero-order chi connectivity index (χ0) is 12.5. The number of ether oxygens (including phenoxy) is 2. The van der Waals surface area contributed by atoms with E-state index >= 15 is 0 Å². The van der Waals surface area contributed by atoms with Crippen molar-refractivity contribution < 1.29 is 14.3 Å². The number of rotatable bonds is 8. The first-order valence-electron chi connectivity index (χ1n) is 5.99. The summed E-state index contributed by atoms with van der Waals surface area (Å²) in [5.41, 5.74) is 1.75. The zero-order valence-corrected chi connectivity index (χ0v) is 10.6. The summed E-state index contributed by atoms with van der Waals surface area (Å²) in [4.78, 5) is 11.2. The van der Waals surface area contributed by atoms with Gasteiger partial charge in [0.2, 0.25) is 0 Å². The number of benzene rings is 1. The quantitative estimate of drug-likeness (QED) is 0.514. The van der Waals surface area contributed by atoms with Gasteiger partial charge in [-0.2, -0.15) is 0 Å². The molecule has 0 aromatic heterocycles. The van der Waals surface area contributed by atoms with E-state index < -0.39 is 0 Å². The first kappa shape index (κ1) is 13.9. The highest BCUT2D eigenvalue weighted by atomic mass is 16.5. The summed E-state index contributed by atoms with van der Waals surface area (Å²) < 4.78 is 10.8. The number of hydrogen-bond donors (Lipinski definition) is 0. The second-order valence-electron chi connectivity index (χ2n) is 3.92. The SMILES string of the molecule is CCCOCCOCc1cccc(C(C)=O)c1. The van der Waals surface area contributed by atoms with E-state index in [0.29, 0.717) is 19.8 Å². The van der Waals surface area contributed by atoms with Gasteiger partial charge >= 0.3 is 0 Å². The molecule has 0 atom stereocenters. The van der Waals surface area contributed by atoms with Gasteiger partial charge in [-0.25, -0.2) is 0 Å². The lowest BCUT2D eigenvalue weighted by atomic mass is 10.1. The normalized spacial score (nSPS) is 10.5. The van der Waals surface area contributed by atoms with E-state index in [4.69, 9.17) is 9.47 Å². The monoisotopic (exact) mass is 236 g/mol. The van der Waals surface area contributed by atoms with Crippen LogP contribution in [0.4, 0.5) is 0 Å². The molecule has 1 aromatic rings. The Hall–Kier alpha value is -1.19. The van der Waals surface area contributed by atoms with Crippen molar-refractivity contribution in [3.8, 4) is 0 Å². The van der Waals surface area contributed by atoms with Crippen LogP contribution in [-0.2, 0) is 16.1 Å². The Morgan fingerprint density at radius 3 is 2.65 bits per heavy atom. The molecule has 0 fully saturated rings. The van der Waals surface area contributed by atoms with Crippen LogP contribution in [0.15, 0.2) is 24.3 Å². The molecule has 1 aromatic carbocycles. The topological polar surface area (TPSA) is 35.5 Å². The molecule has 0 unspecified atom stereocenters. The van der Waals surface area contributed by atoms with Crippen LogP contribution in [0.25, 0.3) is 0 Å². The maximum atomic E-state index is 11.2. The Labute approximate surface area is 103 Å². The van der Waals surface area contributed by atoms with E-state index in [2.05, 4.69) is 6.92 Å². The van der Waals surface area contributed by atoms with Crippen molar-refractivity contribution in [1.82, 2.24) is 0 Å². The van der Waals surface area contributed by atoms with E-state index in [0.717, 1.165) is 24.2 Å². The van der Waals surface area contributed by atoms with Crippen LogP contribution in [0.3, 0.4) is 0 Å². The van der Waals surface area contributed by atoms with Gasteiger partial charge in [0.15, 0.2) is 5.78 Å². The van der Waals surface area contributed by atoms with Crippen LogP contribution in [0.1, 0.15) is 36.2 Å². The van der Waals surface area contributed by atoms with Crippen LogP contribution in [-0.4, -0.2) is 25.6 Å². The zero-order valence-electron chi connectivity index (χ0n) is 10.6. The molecule has 0 aliphatic rings. The fourth-order valence-electron chi connectivity index (χ4n) is 1.43. The Bertz CT molecular complexity index is 347. The van der Waals surface area contributed by atoms with Crippen molar-refractivity contribution in [2.45, 2.75) is 26.9 Å². The maximum Gasteiger partial charge on any atom is 0.159 e. The summed E-state index contributed by atoms with van der Waals surface area (Å²) in [6, 6.07) is 7.52. The fourth-order valence-corrected chi connectivity index (χ4v) is 1.43. The highest BCUT2D eigenvalue weighted by Gasteiger charge is 2.00. The molecule has 0 aliphatic carbocycles. The van der Waals surface area contributed by atoms with Crippen molar-refractivity contribution in [3.05, 3.63) is 35.4 Å². The summed E-state index contributed by atoms with van der Waals surface area (Å²) in [5.74, 6) is 0.0816. The van der Waals surface area contributed by atoms with E-state index in [1.165, 1.54) is 0 Å². The molecular formula is C14H20O3. The Kier molecular flexibility index (Phi) is 6.51. The molecule has 0 saturated carbocycles. The van der Waals surface area contributed by atoms with Gasteiger partial charge in [0.25, 0.3) is 0 Å². The molecule has 3 nitrogen and oxygen atoms in total. The third kappa shape index (κ3) is 5.61. The number of carbonyl (C=O) groups excluding carboxylic acids is 1. The van der Waals surface area contributed by atoms with Gasteiger partial charge in [-0.05, 0) is 25.0 Å². The van der Waals surface area contributed by atoms with E-state index in [1.54, 1.807) is 6.92 Å². The first-order chi connectivity index (χ1) is 8.24. The molecule has 0 radical (unpaired) electrons. The van der Waals surface area contributed by atoms with Crippen LogP contribution in [0.5, 0.6) is 0 Å². The predicted octanol–water partition coefficient (Wildman–Crippen LogP) is 2.83. The molecule has 0 spiro atoms. The highest BCUT2D eigenvalue weighted by molar-refractivity contribution is 5.94. The summed E-state index contributed by atoms with van der Waals surface area (Å²) >= 11 is 0. The molecule has 0 saturated heterocycles. The molecule has 0 heterocycles. The Balaban J connectivity index is 2.27. The minimum atomic E-state index is 0.0816. The molecule has 0 N–H and O–H groups in total. The summed E-state index contributed by atoms with van der Waals surface area (Å²) in [7, 11) is 0. The molecule has 0 bridgehead atoms. The minimum absolute atomic E-state index is 0.0816. The number of Topliss-reactive ketones (excluding diaryl/α,β-unsaturated/α-hetero) is 1. The van der Waals surface area contributed by atoms with Crippen LogP contribution in [0.2, 0.25) is 0 Å². The molecule has 3 heteroatoms. The largest absolute Gasteiger partial charge is 0.379 e. The van der Waals surface area contributed by atoms with Crippen LogP contribution in [0, 0.1) is 0 Å². The van der Waals surface area contributed by atoms with E-state index in [-0.39, 0.29) is 5.78 Å². The number of ketones is 1. The molecule has 94 valence electrons. The smallest absolute Gasteiger partial charge is 0.159 e. The van der Waals surface area contributed by atoms with E-state index in [9.17, 15) is 4.79 Å².